The second kappa shape index (κ2) is 7.38. The van der Waals surface area contributed by atoms with Gasteiger partial charge in [-0.05, 0) is 12.1 Å². The fraction of sp³-hybridized carbons (Fsp3) is 0.667. The molecule has 1 aromatic rings. The molecule has 1 N–H and O–H groups in total. The van der Waals surface area contributed by atoms with E-state index >= 15 is 0 Å². The number of quaternary nitrogens is 1. The van der Waals surface area contributed by atoms with Crippen molar-refractivity contribution in [1.29, 1.82) is 0 Å². The summed E-state index contributed by atoms with van der Waals surface area (Å²) in [5.41, 5.74) is 1.19. The highest BCUT2D eigenvalue weighted by atomic mass is 35.5. The number of nitrogens with zero attached hydrogens (tertiary/aromatic N) is 1. The van der Waals surface area contributed by atoms with Crippen molar-refractivity contribution in [3.63, 3.8) is 0 Å². The number of aliphatic hydroxyl groups excluding tert-OH is 1. The number of halogens is 1. The van der Waals surface area contributed by atoms with E-state index in [9.17, 15) is 5.11 Å². The molecular weight excluding hydrogens is 330 g/mol. The molecule has 24 heavy (non-hydrogen) atoms. The Hall–Kier alpha value is -1.17. The molecule has 2 aliphatic heterocycles. The molecule has 5 nitrogen and oxygen atoms in total. The minimum absolute atomic E-state index is 0. The number of benzene rings is 1. The van der Waals surface area contributed by atoms with Gasteiger partial charge in [-0.1, -0.05) is 0 Å². The highest BCUT2D eigenvalue weighted by Crippen LogP contribution is 2.44. The number of rotatable bonds is 5. The van der Waals surface area contributed by atoms with Crippen molar-refractivity contribution in [3.05, 3.63) is 17.7 Å². The number of hydrogen-bond donors (Lipinski definition) is 1. The molecule has 0 spiro atoms. The Morgan fingerprint density at radius 1 is 1.00 bits per heavy atom. The minimum Gasteiger partial charge on any atom is -1.00 e. The molecule has 0 aromatic heterocycles. The summed E-state index contributed by atoms with van der Waals surface area (Å²) in [5, 5.41) is 10.1. The number of aliphatic hydroxyl groups is 1. The first-order valence-electron chi connectivity index (χ1n) is 8.33. The van der Waals surface area contributed by atoms with E-state index in [0.29, 0.717) is 29.3 Å². The third kappa shape index (κ3) is 3.17. The summed E-state index contributed by atoms with van der Waals surface area (Å²) in [6, 6.07) is 5.19. The molecule has 2 atom stereocenters. The Balaban J connectivity index is 0.00000208. The molecule has 2 saturated heterocycles. The number of ether oxygens (including phenoxy) is 3. The lowest BCUT2D eigenvalue weighted by molar-refractivity contribution is -0.961. The molecular formula is C18H28ClNO4. The minimum atomic E-state index is -0.126. The average molecular weight is 358 g/mol. The van der Waals surface area contributed by atoms with Crippen molar-refractivity contribution in [3.8, 4) is 17.2 Å². The van der Waals surface area contributed by atoms with E-state index in [4.69, 9.17) is 14.2 Å². The van der Waals surface area contributed by atoms with Crippen LogP contribution in [0, 0.1) is 0 Å². The predicted octanol–water partition coefficient (Wildman–Crippen LogP) is -0.651. The SMILES string of the molecule is COc1cc(C[N+]2(C)C3CCC2CC(O)C3)cc(OC)c1OC.[Cl-]. The Labute approximate surface area is 150 Å². The van der Waals surface area contributed by atoms with Crippen LogP contribution in [0.1, 0.15) is 31.2 Å². The second-order valence-electron chi connectivity index (χ2n) is 7.05. The third-order valence-corrected chi connectivity index (χ3v) is 5.84. The summed E-state index contributed by atoms with van der Waals surface area (Å²) in [4.78, 5) is 0. The average Bonchev–Trinajstić information content (AvgIpc) is 2.72. The normalized spacial score (nSPS) is 31.3. The van der Waals surface area contributed by atoms with Crippen molar-refractivity contribution in [2.75, 3.05) is 28.4 Å². The topological polar surface area (TPSA) is 47.9 Å². The molecule has 0 radical (unpaired) electrons. The molecule has 2 fully saturated rings. The first kappa shape index (κ1) is 19.2. The van der Waals surface area contributed by atoms with Crippen LogP contribution in [0.15, 0.2) is 12.1 Å². The number of piperidine rings is 1. The first-order valence-corrected chi connectivity index (χ1v) is 8.33. The van der Waals surface area contributed by atoms with E-state index < -0.39 is 0 Å². The Bertz CT molecular complexity index is 541. The third-order valence-electron chi connectivity index (χ3n) is 5.84. The largest absolute Gasteiger partial charge is 1.00 e. The van der Waals surface area contributed by atoms with Crippen LogP contribution in [0.5, 0.6) is 17.2 Å². The zero-order valence-electron chi connectivity index (χ0n) is 14.9. The maximum absolute atomic E-state index is 10.1. The molecule has 0 aliphatic carbocycles. The van der Waals surface area contributed by atoms with Gasteiger partial charge in [0.25, 0.3) is 0 Å². The van der Waals surface area contributed by atoms with Gasteiger partial charge in [0.1, 0.15) is 6.54 Å². The summed E-state index contributed by atoms with van der Waals surface area (Å²) in [7, 11) is 7.26. The van der Waals surface area contributed by atoms with Crippen LogP contribution >= 0.6 is 0 Å². The smallest absolute Gasteiger partial charge is 0.203 e. The van der Waals surface area contributed by atoms with E-state index in [-0.39, 0.29) is 18.5 Å². The maximum atomic E-state index is 10.1. The molecule has 136 valence electrons. The lowest BCUT2D eigenvalue weighted by atomic mass is 9.95. The molecule has 6 heteroatoms. The highest BCUT2D eigenvalue weighted by molar-refractivity contribution is 5.53. The van der Waals surface area contributed by atoms with Crippen LogP contribution in [-0.4, -0.2) is 56.2 Å². The van der Waals surface area contributed by atoms with E-state index in [1.807, 2.05) is 0 Å². The molecule has 1 aromatic carbocycles. The van der Waals surface area contributed by atoms with Crippen LogP contribution in [0.25, 0.3) is 0 Å². The lowest BCUT2D eigenvalue weighted by Gasteiger charge is -2.46. The summed E-state index contributed by atoms with van der Waals surface area (Å²) >= 11 is 0. The van der Waals surface area contributed by atoms with Crippen LogP contribution < -0.4 is 26.6 Å². The summed E-state index contributed by atoms with van der Waals surface area (Å²) in [5.74, 6) is 2.05. The van der Waals surface area contributed by atoms with Crippen LogP contribution in [0.2, 0.25) is 0 Å². The lowest BCUT2D eigenvalue weighted by Crippen LogP contribution is -3.00. The van der Waals surface area contributed by atoms with Crippen LogP contribution in [-0.2, 0) is 6.54 Å². The number of hydrogen-bond acceptors (Lipinski definition) is 4. The summed E-state index contributed by atoms with van der Waals surface area (Å²) < 4.78 is 17.4. The zero-order chi connectivity index (χ0) is 16.6. The first-order chi connectivity index (χ1) is 11.0. The fourth-order valence-corrected chi connectivity index (χ4v) is 4.59. The van der Waals surface area contributed by atoms with E-state index in [1.165, 1.54) is 18.4 Å². The fourth-order valence-electron chi connectivity index (χ4n) is 4.59. The molecule has 2 aliphatic rings. The van der Waals surface area contributed by atoms with Crippen molar-refractivity contribution in [2.45, 2.75) is 50.4 Å². The van der Waals surface area contributed by atoms with E-state index in [2.05, 4.69) is 19.2 Å². The van der Waals surface area contributed by atoms with Gasteiger partial charge in [0.2, 0.25) is 5.75 Å². The molecule has 2 bridgehead atoms. The van der Waals surface area contributed by atoms with Gasteiger partial charge in [0.05, 0.1) is 46.6 Å². The molecule has 2 unspecified atom stereocenters. The predicted molar refractivity (Wildman–Crippen MR) is 88.0 cm³/mol. The van der Waals surface area contributed by atoms with Crippen molar-refractivity contribution in [2.24, 2.45) is 0 Å². The van der Waals surface area contributed by atoms with E-state index in [0.717, 1.165) is 23.9 Å². The maximum Gasteiger partial charge on any atom is 0.203 e. The van der Waals surface area contributed by atoms with Gasteiger partial charge in [-0.2, -0.15) is 0 Å². The van der Waals surface area contributed by atoms with E-state index in [1.54, 1.807) is 21.3 Å². The van der Waals surface area contributed by atoms with Gasteiger partial charge in [0, 0.05) is 31.2 Å². The van der Waals surface area contributed by atoms with Gasteiger partial charge in [0.15, 0.2) is 11.5 Å². The van der Waals surface area contributed by atoms with Gasteiger partial charge < -0.3 is 36.2 Å². The number of methoxy groups -OCH3 is 3. The molecule has 3 rings (SSSR count). The second-order valence-corrected chi connectivity index (χ2v) is 7.05. The number of fused-ring (bicyclic) bond motifs is 2. The van der Waals surface area contributed by atoms with Gasteiger partial charge in [-0.3, -0.25) is 0 Å². The Kier molecular flexibility index (Phi) is 5.89. The van der Waals surface area contributed by atoms with Gasteiger partial charge >= 0.3 is 0 Å². The quantitative estimate of drug-likeness (QED) is 0.711. The van der Waals surface area contributed by atoms with Crippen LogP contribution in [0.4, 0.5) is 0 Å². The molecule has 2 heterocycles. The highest BCUT2D eigenvalue weighted by Gasteiger charge is 2.51. The molecule has 0 saturated carbocycles. The van der Waals surface area contributed by atoms with Crippen molar-refractivity contribution >= 4 is 0 Å². The standard InChI is InChI=1S/C18H28NO4.ClH/c1-19(13-5-6-14(19)10-15(20)9-13)11-12-7-16(21-2)18(23-4)17(8-12)22-3;/h7-8,13-15,20H,5-6,9-11H2,1-4H3;1H/q+1;/p-1. The van der Waals surface area contributed by atoms with Crippen LogP contribution in [0.3, 0.4) is 0 Å². The summed E-state index contributed by atoms with van der Waals surface area (Å²) in [6.07, 6.45) is 4.12. The van der Waals surface area contributed by atoms with Gasteiger partial charge in [-0.15, -0.1) is 0 Å². The molecule has 0 amide bonds. The Morgan fingerprint density at radius 3 is 1.92 bits per heavy atom. The summed E-state index contributed by atoms with van der Waals surface area (Å²) in [6.45, 7) is 0.929. The van der Waals surface area contributed by atoms with Crippen molar-refractivity contribution in [1.82, 2.24) is 0 Å². The zero-order valence-corrected chi connectivity index (χ0v) is 15.7. The van der Waals surface area contributed by atoms with Gasteiger partial charge in [-0.25, -0.2) is 0 Å². The Morgan fingerprint density at radius 2 is 1.50 bits per heavy atom. The monoisotopic (exact) mass is 357 g/mol. The van der Waals surface area contributed by atoms with Crippen molar-refractivity contribution < 1.29 is 36.2 Å².